The van der Waals surface area contributed by atoms with Crippen LogP contribution in [-0.4, -0.2) is 44.0 Å². The van der Waals surface area contributed by atoms with E-state index in [4.69, 9.17) is 0 Å². The van der Waals surface area contributed by atoms with Crippen molar-refractivity contribution in [2.75, 3.05) is 5.32 Å². The maximum Gasteiger partial charge on any atom is 0.433 e. The highest BCUT2D eigenvalue weighted by molar-refractivity contribution is 7.15. The first-order chi connectivity index (χ1) is 19.0. The van der Waals surface area contributed by atoms with Crippen molar-refractivity contribution in [1.82, 2.24) is 25.6 Å². The fourth-order valence-electron chi connectivity index (χ4n) is 5.08. The molecule has 4 N–H and O–H groups in total. The summed E-state index contributed by atoms with van der Waals surface area (Å²) < 4.78 is 39.1. The number of halogens is 3. The van der Waals surface area contributed by atoms with Gasteiger partial charge in [-0.1, -0.05) is 6.07 Å². The van der Waals surface area contributed by atoms with Crippen LogP contribution in [-0.2, 0) is 21.4 Å². The molecule has 5 rings (SSSR count). The second-order valence-electron chi connectivity index (χ2n) is 10.3. The fourth-order valence-corrected chi connectivity index (χ4v) is 6.13. The predicted molar refractivity (Wildman–Crippen MR) is 143 cm³/mol. The lowest BCUT2D eigenvalue weighted by molar-refractivity contribution is -0.141. The number of piperidine rings is 1. The molecule has 1 saturated carbocycles. The molecule has 1 atom stereocenters. The zero-order chi connectivity index (χ0) is 28.5. The maximum atomic E-state index is 13.0. The zero-order valence-electron chi connectivity index (χ0n) is 21.7. The zero-order valence-corrected chi connectivity index (χ0v) is 22.5. The van der Waals surface area contributed by atoms with E-state index < -0.39 is 23.5 Å². The van der Waals surface area contributed by atoms with Crippen molar-refractivity contribution >= 4 is 34.8 Å². The van der Waals surface area contributed by atoms with Gasteiger partial charge in [0.15, 0.2) is 0 Å². The van der Waals surface area contributed by atoms with Gasteiger partial charge in [0.1, 0.15) is 22.3 Å². The molecule has 0 spiro atoms. The minimum atomic E-state index is -4.58. The van der Waals surface area contributed by atoms with E-state index in [0.29, 0.717) is 55.6 Å². The van der Waals surface area contributed by atoms with Crippen LogP contribution in [0.15, 0.2) is 36.7 Å². The molecule has 1 aromatic carbocycles. The molecule has 212 valence electrons. The van der Waals surface area contributed by atoms with Gasteiger partial charge in [-0.15, -0.1) is 11.3 Å². The van der Waals surface area contributed by atoms with E-state index in [9.17, 15) is 27.9 Å². The second-order valence-corrected chi connectivity index (χ2v) is 11.4. The smallest absolute Gasteiger partial charge is 0.383 e. The number of carbonyl (C=O) groups is 2. The molecular formula is C27H29F3N6O3S. The third kappa shape index (κ3) is 6.41. The third-order valence-electron chi connectivity index (χ3n) is 7.18. The Bertz CT molecular complexity index is 1400. The normalized spacial score (nSPS) is 23.4. The van der Waals surface area contributed by atoms with Crippen molar-refractivity contribution in [2.24, 2.45) is 0 Å². The van der Waals surface area contributed by atoms with Crippen LogP contribution in [0.4, 0.5) is 24.8 Å². The van der Waals surface area contributed by atoms with Crippen LogP contribution in [0.1, 0.15) is 61.2 Å². The number of thiazole rings is 1. The lowest BCUT2D eigenvalue weighted by Crippen LogP contribution is -2.52. The summed E-state index contributed by atoms with van der Waals surface area (Å²) in [7, 11) is 0. The molecule has 13 heteroatoms. The molecule has 3 heterocycles. The molecule has 1 saturated heterocycles. The SMILES string of the molecule is Cc1cc(Nc2nccc(C(F)(F)F)n2)cc(-c2cnc([C@]3(O)CC[C@H](NC(=O)[C@@H]4CCCC(=O)N4)CC3)s2)c1. The first-order valence-electron chi connectivity index (χ1n) is 13.1. The van der Waals surface area contributed by atoms with Gasteiger partial charge in [0.05, 0.1) is 4.88 Å². The summed E-state index contributed by atoms with van der Waals surface area (Å²) in [6, 6.07) is 5.70. The summed E-state index contributed by atoms with van der Waals surface area (Å²) in [5, 5.41) is 20.6. The van der Waals surface area contributed by atoms with Crippen LogP contribution in [0.25, 0.3) is 10.4 Å². The summed E-state index contributed by atoms with van der Waals surface area (Å²) >= 11 is 1.36. The number of nitrogens with zero attached hydrogens (tertiary/aromatic N) is 3. The highest BCUT2D eigenvalue weighted by Gasteiger charge is 2.38. The summed E-state index contributed by atoms with van der Waals surface area (Å²) in [6.45, 7) is 1.87. The number of aryl methyl sites for hydroxylation is 1. The number of hydrogen-bond donors (Lipinski definition) is 4. The number of alkyl halides is 3. The van der Waals surface area contributed by atoms with E-state index in [1.807, 2.05) is 13.0 Å². The Morgan fingerprint density at radius 1 is 1.18 bits per heavy atom. The van der Waals surface area contributed by atoms with Crippen molar-refractivity contribution in [3.05, 3.63) is 52.9 Å². The predicted octanol–water partition coefficient (Wildman–Crippen LogP) is 4.59. The molecule has 0 radical (unpaired) electrons. The molecule has 2 amide bonds. The maximum absolute atomic E-state index is 13.0. The van der Waals surface area contributed by atoms with Gasteiger partial charge >= 0.3 is 6.18 Å². The van der Waals surface area contributed by atoms with Crippen LogP contribution in [0.5, 0.6) is 0 Å². The molecule has 0 unspecified atom stereocenters. The van der Waals surface area contributed by atoms with E-state index >= 15 is 0 Å². The topological polar surface area (TPSA) is 129 Å². The van der Waals surface area contributed by atoms with Gasteiger partial charge in [0.2, 0.25) is 17.8 Å². The number of anilines is 2. The first-order valence-corrected chi connectivity index (χ1v) is 13.9. The van der Waals surface area contributed by atoms with Crippen LogP contribution in [0, 0.1) is 6.92 Å². The van der Waals surface area contributed by atoms with Crippen molar-refractivity contribution < 1.29 is 27.9 Å². The number of hydrogen-bond acceptors (Lipinski definition) is 8. The lowest BCUT2D eigenvalue weighted by Gasteiger charge is -2.35. The number of benzene rings is 1. The molecule has 2 aromatic heterocycles. The Morgan fingerprint density at radius 3 is 2.67 bits per heavy atom. The Morgan fingerprint density at radius 2 is 1.95 bits per heavy atom. The van der Waals surface area contributed by atoms with Crippen LogP contribution in [0.2, 0.25) is 0 Å². The van der Waals surface area contributed by atoms with Gasteiger partial charge in [-0.2, -0.15) is 13.2 Å². The summed E-state index contributed by atoms with van der Waals surface area (Å²) in [5.74, 6) is -0.454. The summed E-state index contributed by atoms with van der Waals surface area (Å²) in [6.07, 6.45) is 1.92. The molecule has 1 aliphatic heterocycles. The van der Waals surface area contributed by atoms with Gasteiger partial charge in [0.25, 0.3) is 0 Å². The van der Waals surface area contributed by atoms with Crippen molar-refractivity contribution in [2.45, 2.75) is 75.7 Å². The Hall–Kier alpha value is -3.58. The van der Waals surface area contributed by atoms with E-state index in [2.05, 4.69) is 30.9 Å². The summed E-state index contributed by atoms with van der Waals surface area (Å²) in [5.41, 5.74) is 0.0185. The van der Waals surface area contributed by atoms with Gasteiger partial charge in [-0.25, -0.2) is 15.0 Å². The van der Waals surface area contributed by atoms with Gasteiger partial charge < -0.3 is 21.1 Å². The Balaban J connectivity index is 1.24. The minimum Gasteiger partial charge on any atom is -0.383 e. The van der Waals surface area contributed by atoms with Crippen molar-refractivity contribution in [3.8, 4) is 10.4 Å². The molecular weight excluding hydrogens is 545 g/mol. The van der Waals surface area contributed by atoms with Gasteiger partial charge in [-0.05, 0) is 74.8 Å². The first kappa shape index (κ1) is 28.0. The lowest BCUT2D eigenvalue weighted by atomic mass is 9.82. The average Bonchev–Trinajstić information content (AvgIpc) is 3.41. The number of carbonyl (C=O) groups excluding carboxylic acids is 2. The molecule has 9 nitrogen and oxygen atoms in total. The molecule has 0 bridgehead atoms. The van der Waals surface area contributed by atoms with Crippen LogP contribution < -0.4 is 16.0 Å². The van der Waals surface area contributed by atoms with Gasteiger partial charge in [0, 0.05) is 30.5 Å². The van der Waals surface area contributed by atoms with Crippen LogP contribution in [0.3, 0.4) is 0 Å². The summed E-state index contributed by atoms with van der Waals surface area (Å²) in [4.78, 5) is 36.9. The van der Waals surface area contributed by atoms with E-state index in [0.717, 1.165) is 28.3 Å². The molecule has 1 aliphatic carbocycles. The monoisotopic (exact) mass is 574 g/mol. The average molecular weight is 575 g/mol. The minimum absolute atomic E-state index is 0.0884. The highest BCUT2D eigenvalue weighted by atomic mass is 32.1. The van der Waals surface area contributed by atoms with E-state index in [-0.39, 0.29) is 23.8 Å². The third-order valence-corrected chi connectivity index (χ3v) is 8.42. The molecule has 2 fully saturated rings. The second kappa shape index (κ2) is 11.1. The molecule has 40 heavy (non-hydrogen) atoms. The Kier molecular flexibility index (Phi) is 7.78. The Labute approximate surface area is 232 Å². The number of aliphatic hydroxyl groups is 1. The van der Waals surface area contributed by atoms with Crippen molar-refractivity contribution in [1.29, 1.82) is 0 Å². The van der Waals surface area contributed by atoms with E-state index in [1.54, 1.807) is 18.3 Å². The standard InChI is InChI=1S/C27H29F3N6O3S/c1-15-11-16(13-18(12-15)34-25-31-10-7-21(36-25)27(28,29)30)20-14-32-24(40-20)26(39)8-5-17(6-9-26)33-23(38)19-3-2-4-22(37)35-19/h7,10-14,17,19,39H,2-6,8-9H2,1H3,(H,33,38)(H,35,37)(H,31,34,36)/t17-,19-,26-/m0/s1. The van der Waals surface area contributed by atoms with Gasteiger partial charge in [-0.3, -0.25) is 9.59 Å². The van der Waals surface area contributed by atoms with Crippen LogP contribution >= 0.6 is 11.3 Å². The number of amides is 2. The quantitative estimate of drug-likeness (QED) is 0.339. The largest absolute Gasteiger partial charge is 0.433 e. The molecule has 3 aromatic rings. The highest BCUT2D eigenvalue weighted by Crippen LogP contribution is 2.41. The number of rotatable bonds is 6. The molecule has 2 aliphatic rings. The van der Waals surface area contributed by atoms with Crippen molar-refractivity contribution in [3.63, 3.8) is 0 Å². The fraction of sp³-hybridized carbons (Fsp3) is 0.444. The van der Waals surface area contributed by atoms with E-state index in [1.165, 1.54) is 11.3 Å². The number of aromatic nitrogens is 3. The number of nitrogens with one attached hydrogen (secondary N) is 3.